The van der Waals surface area contributed by atoms with E-state index in [0.717, 1.165) is 24.6 Å². The third-order valence-electron chi connectivity index (χ3n) is 4.46. The Morgan fingerprint density at radius 1 is 1.00 bits per heavy atom. The largest absolute Gasteiger partial charge is 0.493 e. The fraction of sp³-hybridized carbons (Fsp3) is 0.368. The third kappa shape index (κ3) is 4.43. The van der Waals surface area contributed by atoms with Crippen LogP contribution in [0.25, 0.3) is 0 Å². The molecule has 2 aromatic carbocycles. The molecule has 0 saturated heterocycles. The zero-order valence-corrected chi connectivity index (χ0v) is 15.4. The number of nitrogens with zero attached hydrogens (tertiary/aromatic N) is 1. The topological polar surface area (TPSA) is 21.7 Å². The van der Waals surface area contributed by atoms with E-state index >= 15 is 0 Å². The minimum atomic E-state index is -4.31. The van der Waals surface area contributed by atoms with Crippen molar-refractivity contribution < 1.29 is 22.6 Å². The van der Waals surface area contributed by atoms with Gasteiger partial charge in [0, 0.05) is 19.6 Å². The number of hydrogen-bond donors (Lipinski definition) is 0. The van der Waals surface area contributed by atoms with Gasteiger partial charge in [0.05, 0.1) is 19.8 Å². The Morgan fingerprint density at radius 3 is 2.27 bits per heavy atom. The number of methoxy groups -OCH3 is 2. The lowest BCUT2D eigenvalue weighted by Crippen LogP contribution is -2.30. The molecule has 2 aromatic rings. The van der Waals surface area contributed by atoms with Gasteiger partial charge in [0.25, 0.3) is 0 Å². The maximum Gasteiger partial charge on any atom is 0.416 e. The van der Waals surface area contributed by atoms with Crippen LogP contribution in [0.1, 0.15) is 22.3 Å². The maximum absolute atomic E-state index is 12.9. The fourth-order valence-electron chi connectivity index (χ4n) is 3.18. The Bertz CT molecular complexity index is 765. The van der Waals surface area contributed by atoms with Crippen LogP contribution in [-0.2, 0) is 25.7 Å². The fourth-order valence-corrected chi connectivity index (χ4v) is 3.18. The molecule has 142 valence electrons. The predicted molar refractivity (Wildman–Crippen MR) is 96.1 cm³/mol. The standard InChI is InChI=1S/C19H20F3NO2.ClH/c1-24-17-9-14-6-7-23(12-15(14)10-18(17)25-2)11-13-4-3-5-16(8-13)19(20,21)22;/h3-5,8-10H,6-7,11-12H2,1-2H3;1H. The molecule has 3 rings (SSSR count). The van der Waals surface area contributed by atoms with Crippen molar-refractivity contribution in [2.24, 2.45) is 0 Å². The number of benzene rings is 2. The average molecular weight is 388 g/mol. The van der Waals surface area contributed by atoms with Gasteiger partial charge in [0.15, 0.2) is 11.5 Å². The van der Waals surface area contributed by atoms with Gasteiger partial charge in [-0.25, -0.2) is 0 Å². The summed E-state index contributed by atoms with van der Waals surface area (Å²) in [6.45, 7) is 1.95. The number of hydrogen-bond acceptors (Lipinski definition) is 3. The van der Waals surface area contributed by atoms with Crippen LogP contribution in [0, 0.1) is 0 Å². The van der Waals surface area contributed by atoms with Gasteiger partial charge >= 0.3 is 6.18 Å². The van der Waals surface area contributed by atoms with E-state index in [1.807, 2.05) is 12.1 Å². The molecular weight excluding hydrogens is 367 g/mol. The van der Waals surface area contributed by atoms with E-state index in [-0.39, 0.29) is 12.4 Å². The van der Waals surface area contributed by atoms with Crippen molar-refractivity contribution in [1.29, 1.82) is 0 Å². The van der Waals surface area contributed by atoms with Crippen LogP contribution >= 0.6 is 12.4 Å². The molecular formula is C19H21ClF3NO2. The molecule has 0 amide bonds. The van der Waals surface area contributed by atoms with Crippen molar-refractivity contribution in [2.45, 2.75) is 25.7 Å². The lowest BCUT2D eigenvalue weighted by Gasteiger charge is -2.29. The SMILES string of the molecule is COc1cc2c(cc1OC)CN(Cc1cccc(C(F)(F)F)c1)CC2.Cl. The van der Waals surface area contributed by atoms with Crippen LogP contribution in [0.4, 0.5) is 13.2 Å². The van der Waals surface area contributed by atoms with Crippen LogP contribution in [0.5, 0.6) is 11.5 Å². The van der Waals surface area contributed by atoms with Gasteiger partial charge in [-0.3, -0.25) is 4.90 Å². The zero-order valence-electron chi connectivity index (χ0n) is 14.6. The molecule has 0 unspecified atom stereocenters. The minimum absolute atomic E-state index is 0. The normalized spacial score (nSPS) is 14.3. The minimum Gasteiger partial charge on any atom is -0.493 e. The van der Waals surface area contributed by atoms with E-state index in [1.54, 1.807) is 20.3 Å². The first kappa shape index (κ1) is 20.4. The van der Waals surface area contributed by atoms with Crippen molar-refractivity contribution in [3.63, 3.8) is 0 Å². The quantitative estimate of drug-likeness (QED) is 0.758. The molecule has 0 N–H and O–H groups in total. The van der Waals surface area contributed by atoms with Gasteiger partial charge in [-0.2, -0.15) is 13.2 Å². The smallest absolute Gasteiger partial charge is 0.416 e. The van der Waals surface area contributed by atoms with E-state index in [1.165, 1.54) is 17.7 Å². The molecule has 3 nitrogen and oxygen atoms in total. The molecule has 1 heterocycles. The van der Waals surface area contributed by atoms with Gasteiger partial charge in [0.2, 0.25) is 0 Å². The monoisotopic (exact) mass is 387 g/mol. The van der Waals surface area contributed by atoms with E-state index in [4.69, 9.17) is 9.47 Å². The Labute approximate surface area is 157 Å². The number of alkyl halides is 3. The van der Waals surface area contributed by atoms with Crippen molar-refractivity contribution in [1.82, 2.24) is 4.90 Å². The number of rotatable bonds is 4. The highest BCUT2D eigenvalue weighted by molar-refractivity contribution is 5.85. The molecule has 7 heteroatoms. The summed E-state index contributed by atoms with van der Waals surface area (Å²) in [6, 6.07) is 9.46. The van der Waals surface area contributed by atoms with E-state index in [2.05, 4.69) is 4.90 Å². The summed E-state index contributed by atoms with van der Waals surface area (Å²) in [4.78, 5) is 2.14. The third-order valence-corrected chi connectivity index (χ3v) is 4.46. The summed E-state index contributed by atoms with van der Waals surface area (Å²) in [5.74, 6) is 1.37. The molecule has 1 aliphatic heterocycles. The Morgan fingerprint density at radius 2 is 1.65 bits per heavy atom. The molecule has 0 fully saturated rings. The van der Waals surface area contributed by atoms with Gasteiger partial charge in [-0.15, -0.1) is 12.4 Å². The second kappa shape index (κ2) is 8.18. The molecule has 0 aliphatic carbocycles. The Hall–Kier alpha value is -1.92. The predicted octanol–water partition coefficient (Wildman–Crippen LogP) is 4.70. The first-order chi connectivity index (χ1) is 11.9. The van der Waals surface area contributed by atoms with Crippen LogP contribution in [0.3, 0.4) is 0 Å². The van der Waals surface area contributed by atoms with Crippen LogP contribution in [0.2, 0.25) is 0 Å². The maximum atomic E-state index is 12.9. The van der Waals surface area contributed by atoms with E-state index in [9.17, 15) is 13.2 Å². The summed E-state index contributed by atoms with van der Waals surface area (Å²) in [5, 5.41) is 0. The molecule has 1 aliphatic rings. The summed E-state index contributed by atoms with van der Waals surface area (Å²) in [6.07, 6.45) is -3.48. The Kier molecular flexibility index (Phi) is 6.42. The molecule has 0 aromatic heterocycles. The number of ether oxygens (including phenoxy) is 2. The highest BCUT2D eigenvalue weighted by atomic mass is 35.5. The summed E-state index contributed by atoms with van der Waals surface area (Å²) >= 11 is 0. The van der Waals surface area contributed by atoms with Crippen molar-refractivity contribution in [3.8, 4) is 11.5 Å². The van der Waals surface area contributed by atoms with Crippen molar-refractivity contribution >= 4 is 12.4 Å². The van der Waals surface area contributed by atoms with E-state index < -0.39 is 11.7 Å². The second-order valence-electron chi connectivity index (χ2n) is 6.13. The van der Waals surface area contributed by atoms with Gasteiger partial charge in [-0.05, 0) is 41.3 Å². The number of fused-ring (bicyclic) bond motifs is 1. The highest BCUT2D eigenvalue weighted by Gasteiger charge is 2.30. The van der Waals surface area contributed by atoms with Gasteiger partial charge < -0.3 is 9.47 Å². The molecule has 0 atom stereocenters. The molecule has 0 spiro atoms. The first-order valence-electron chi connectivity index (χ1n) is 8.03. The van der Waals surface area contributed by atoms with Crippen LogP contribution in [-0.4, -0.2) is 25.7 Å². The highest BCUT2D eigenvalue weighted by Crippen LogP contribution is 2.34. The molecule has 0 saturated carbocycles. The second-order valence-corrected chi connectivity index (χ2v) is 6.13. The zero-order chi connectivity index (χ0) is 18.0. The average Bonchev–Trinajstić information content (AvgIpc) is 2.60. The van der Waals surface area contributed by atoms with Crippen LogP contribution in [0.15, 0.2) is 36.4 Å². The van der Waals surface area contributed by atoms with Crippen LogP contribution < -0.4 is 9.47 Å². The lowest BCUT2D eigenvalue weighted by molar-refractivity contribution is -0.137. The number of halogens is 4. The first-order valence-corrected chi connectivity index (χ1v) is 8.03. The van der Waals surface area contributed by atoms with E-state index in [0.29, 0.717) is 30.2 Å². The summed E-state index contributed by atoms with van der Waals surface area (Å²) < 4.78 is 49.2. The summed E-state index contributed by atoms with van der Waals surface area (Å²) in [5.41, 5.74) is 2.38. The Balaban J connectivity index is 0.00000243. The van der Waals surface area contributed by atoms with Gasteiger partial charge in [0.1, 0.15) is 0 Å². The summed E-state index contributed by atoms with van der Waals surface area (Å²) in [7, 11) is 3.19. The van der Waals surface area contributed by atoms with Gasteiger partial charge in [-0.1, -0.05) is 18.2 Å². The lowest BCUT2D eigenvalue weighted by atomic mass is 9.98. The van der Waals surface area contributed by atoms with Crippen molar-refractivity contribution in [3.05, 3.63) is 58.7 Å². The molecule has 0 bridgehead atoms. The molecule has 0 radical (unpaired) electrons. The molecule has 26 heavy (non-hydrogen) atoms. The van der Waals surface area contributed by atoms with Crippen molar-refractivity contribution in [2.75, 3.05) is 20.8 Å².